The lowest BCUT2D eigenvalue weighted by Crippen LogP contribution is -2.25. The van der Waals surface area contributed by atoms with Crippen molar-refractivity contribution in [3.8, 4) is 11.4 Å². The summed E-state index contributed by atoms with van der Waals surface area (Å²) in [6, 6.07) is 16.0. The first-order valence-corrected chi connectivity index (χ1v) is 10.6. The van der Waals surface area contributed by atoms with Crippen molar-refractivity contribution in [1.82, 2.24) is 14.3 Å². The molecule has 0 unspecified atom stereocenters. The molecule has 0 saturated heterocycles. The lowest BCUT2D eigenvalue weighted by atomic mass is 10.2. The molecule has 2 aromatic carbocycles. The lowest BCUT2D eigenvalue weighted by molar-refractivity contribution is -0.118. The minimum absolute atomic E-state index is 0.169. The molecule has 2 heterocycles. The largest absolute Gasteiger partial charge is 0.494 e. The maximum absolute atomic E-state index is 13.3. The molecule has 4 rings (SSSR count). The van der Waals surface area contributed by atoms with Gasteiger partial charge in [0.1, 0.15) is 11.8 Å². The van der Waals surface area contributed by atoms with Gasteiger partial charge in [-0.3, -0.25) is 9.59 Å². The van der Waals surface area contributed by atoms with E-state index in [0.717, 1.165) is 22.5 Å². The number of benzene rings is 2. The fourth-order valence-electron chi connectivity index (χ4n) is 4.08. The Hall–Kier alpha value is -3.87. The van der Waals surface area contributed by atoms with E-state index in [0.29, 0.717) is 23.4 Å². The molecule has 32 heavy (non-hydrogen) atoms. The number of nitrogens with one attached hydrogen (secondary N) is 1. The number of para-hydroxylation sites is 1. The first-order valence-electron chi connectivity index (χ1n) is 10.6. The van der Waals surface area contributed by atoms with E-state index in [1.54, 1.807) is 6.20 Å². The SMILES string of the molecule is CCOc1ccc(NC(=O)[C@H](C)n2c(C)c3cnn(-c4ccccc4)c(=O)c3c2C)cc1. The summed E-state index contributed by atoms with van der Waals surface area (Å²) in [5.41, 5.74) is 2.75. The summed E-state index contributed by atoms with van der Waals surface area (Å²) in [6.07, 6.45) is 1.69. The molecular formula is C25H26N4O3. The van der Waals surface area contributed by atoms with Gasteiger partial charge in [-0.15, -0.1) is 0 Å². The average molecular weight is 431 g/mol. The molecule has 0 spiro atoms. The number of aromatic nitrogens is 3. The third kappa shape index (κ3) is 3.77. The first-order chi connectivity index (χ1) is 15.4. The second kappa shape index (κ2) is 8.70. The standard InChI is InChI=1S/C25H26N4O3/c1-5-32-21-13-11-19(12-14-21)27-24(30)18(4)28-16(2)22-15-26-29(20-9-7-6-8-10-20)25(31)23(22)17(28)3/h6-15,18H,5H2,1-4H3,(H,27,30)/t18-/m0/s1. The predicted octanol–water partition coefficient (Wildman–Crippen LogP) is 4.40. The molecule has 0 radical (unpaired) electrons. The zero-order valence-corrected chi connectivity index (χ0v) is 18.6. The molecule has 2 aromatic heterocycles. The van der Waals surface area contributed by atoms with Gasteiger partial charge < -0.3 is 14.6 Å². The number of hydrogen-bond acceptors (Lipinski definition) is 4. The summed E-state index contributed by atoms with van der Waals surface area (Å²) in [7, 11) is 0. The summed E-state index contributed by atoms with van der Waals surface area (Å²) in [6.45, 7) is 8.11. The molecular weight excluding hydrogens is 404 g/mol. The van der Waals surface area contributed by atoms with Crippen molar-refractivity contribution in [3.05, 3.63) is 82.5 Å². The molecule has 0 aliphatic rings. The van der Waals surface area contributed by atoms with Crippen LogP contribution in [0.2, 0.25) is 0 Å². The Morgan fingerprint density at radius 1 is 1.06 bits per heavy atom. The summed E-state index contributed by atoms with van der Waals surface area (Å²) in [5, 5.41) is 8.63. The summed E-state index contributed by atoms with van der Waals surface area (Å²) in [4.78, 5) is 26.3. The van der Waals surface area contributed by atoms with Gasteiger partial charge in [-0.25, -0.2) is 0 Å². The number of aryl methyl sites for hydroxylation is 2. The van der Waals surface area contributed by atoms with Gasteiger partial charge in [-0.05, 0) is 64.1 Å². The Morgan fingerprint density at radius 2 is 1.75 bits per heavy atom. The van der Waals surface area contributed by atoms with Crippen molar-refractivity contribution >= 4 is 22.4 Å². The molecule has 1 atom stereocenters. The number of carbonyl (C=O) groups excluding carboxylic acids is 1. The Labute approximate surface area is 186 Å². The number of amides is 1. The second-order valence-corrected chi connectivity index (χ2v) is 7.65. The van der Waals surface area contributed by atoms with Gasteiger partial charge in [0.2, 0.25) is 5.91 Å². The normalized spacial score (nSPS) is 12.0. The van der Waals surface area contributed by atoms with Crippen LogP contribution in [-0.4, -0.2) is 26.9 Å². The third-order valence-electron chi connectivity index (χ3n) is 5.65. The molecule has 0 bridgehead atoms. The Balaban J connectivity index is 1.68. The average Bonchev–Trinajstić information content (AvgIpc) is 3.06. The Morgan fingerprint density at radius 3 is 2.41 bits per heavy atom. The minimum atomic E-state index is -0.515. The molecule has 7 heteroatoms. The first kappa shape index (κ1) is 21.4. The van der Waals surface area contributed by atoms with Crippen LogP contribution in [0.1, 0.15) is 31.3 Å². The molecule has 0 aliphatic carbocycles. The fraction of sp³-hybridized carbons (Fsp3) is 0.240. The van der Waals surface area contributed by atoms with Crippen LogP contribution in [0, 0.1) is 13.8 Å². The third-order valence-corrected chi connectivity index (χ3v) is 5.65. The van der Waals surface area contributed by atoms with Crippen molar-refractivity contribution in [1.29, 1.82) is 0 Å². The lowest BCUT2D eigenvalue weighted by Gasteiger charge is -2.18. The number of rotatable bonds is 6. The zero-order chi connectivity index (χ0) is 22.8. The highest BCUT2D eigenvalue weighted by atomic mass is 16.5. The van der Waals surface area contributed by atoms with E-state index in [2.05, 4.69) is 10.4 Å². The highest BCUT2D eigenvalue weighted by Crippen LogP contribution is 2.27. The maximum Gasteiger partial charge on any atom is 0.281 e. The minimum Gasteiger partial charge on any atom is -0.494 e. The van der Waals surface area contributed by atoms with Crippen LogP contribution in [0.25, 0.3) is 16.5 Å². The van der Waals surface area contributed by atoms with Crippen LogP contribution < -0.4 is 15.6 Å². The smallest absolute Gasteiger partial charge is 0.281 e. The number of fused-ring (bicyclic) bond motifs is 1. The highest BCUT2D eigenvalue weighted by Gasteiger charge is 2.23. The van der Waals surface area contributed by atoms with Crippen molar-refractivity contribution < 1.29 is 9.53 Å². The molecule has 0 saturated carbocycles. The molecule has 0 aliphatic heterocycles. The topological polar surface area (TPSA) is 78.2 Å². The van der Waals surface area contributed by atoms with E-state index in [-0.39, 0.29) is 11.5 Å². The van der Waals surface area contributed by atoms with Crippen molar-refractivity contribution in [2.24, 2.45) is 0 Å². The van der Waals surface area contributed by atoms with Gasteiger partial charge in [0, 0.05) is 22.5 Å². The number of carbonyl (C=O) groups is 1. The van der Waals surface area contributed by atoms with E-state index in [9.17, 15) is 9.59 Å². The maximum atomic E-state index is 13.3. The molecule has 1 N–H and O–H groups in total. The fourth-order valence-corrected chi connectivity index (χ4v) is 4.08. The van der Waals surface area contributed by atoms with Crippen LogP contribution in [0.4, 0.5) is 5.69 Å². The van der Waals surface area contributed by atoms with Gasteiger partial charge in [0.15, 0.2) is 0 Å². The van der Waals surface area contributed by atoms with Crippen LogP contribution in [0.5, 0.6) is 5.75 Å². The van der Waals surface area contributed by atoms with Crippen molar-refractivity contribution in [2.75, 3.05) is 11.9 Å². The second-order valence-electron chi connectivity index (χ2n) is 7.65. The monoisotopic (exact) mass is 430 g/mol. The van der Waals surface area contributed by atoms with Gasteiger partial charge in [0.25, 0.3) is 5.56 Å². The molecule has 7 nitrogen and oxygen atoms in total. The van der Waals surface area contributed by atoms with Gasteiger partial charge >= 0.3 is 0 Å². The Kier molecular flexibility index (Phi) is 5.81. The number of ether oxygens (including phenoxy) is 1. The van der Waals surface area contributed by atoms with Gasteiger partial charge in [-0.2, -0.15) is 9.78 Å². The van der Waals surface area contributed by atoms with E-state index in [1.165, 1.54) is 4.68 Å². The number of hydrogen-bond donors (Lipinski definition) is 1. The van der Waals surface area contributed by atoms with E-state index >= 15 is 0 Å². The van der Waals surface area contributed by atoms with Gasteiger partial charge in [0.05, 0.1) is 23.9 Å². The summed E-state index contributed by atoms with van der Waals surface area (Å²) < 4.78 is 8.73. The molecule has 1 amide bonds. The zero-order valence-electron chi connectivity index (χ0n) is 18.6. The predicted molar refractivity (Wildman–Crippen MR) is 126 cm³/mol. The number of anilines is 1. The summed E-state index contributed by atoms with van der Waals surface area (Å²) in [5.74, 6) is 0.584. The van der Waals surface area contributed by atoms with Crippen molar-refractivity contribution in [2.45, 2.75) is 33.7 Å². The summed E-state index contributed by atoms with van der Waals surface area (Å²) >= 11 is 0. The van der Waals surface area contributed by atoms with E-state index in [4.69, 9.17) is 4.74 Å². The quantitative estimate of drug-likeness (QED) is 0.492. The Bertz CT molecular complexity index is 1320. The molecule has 4 aromatic rings. The van der Waals surface area contributed by atoms with Crippen LogP contribution in [-0.2, 0) is 4.79 Å². The van der Waals surface area contributed by atoms with E-state index < -0.39 is 6.04 Å². The molecule has 164 valence electrons. The van der Waals surface area contributed by atoms with Gasteiger partial charge in [-0.1, -0.05) is 18.2 Å². The van der Waals surface area contributed by atoms with Crippen LogP contribution in [0.3, 0.4) is 0 Å². The highest BCUT2D eigenvalue weighted by molar-refractivity contribution is 5.95. The van der Waals surface area contributed by atoms with Crippen LogP contribution >= 0.6 is 0 Å². The van der Waals surface area contributed by atoms with Crippen molar-refractivity contribution in [3.63, 3.8) is 0 Å². The molecule has 0 fully saturated rings. The van der Waals surface area contributed by atoms with Crippen LogP contribution in [0.15, 0.2) is 65.6 Å². The van der Waals surface area contributed by atoms with E-state index in [1.807, 2.05) is 86.9 Å². The number of nitrogens with zero attached hydrogens (tertiary/aromatic N) is 3.